The first-order valence-electron chi connectivity index (χ1n) is 24.2. The zero-order valence-electron chi connectivity index (χ0n) is 37.8. The number of rotatable bonds is 41. The Balaban J connectivity index is 2.37. The number of hydrogen-bond acceptors (Lipinski definition) is 11. The van der Waals surface area contributed by atoms with Crippen molar-refractivity contribution in [3.05, 3.63) is 12.2 Å². The average Bonchev–Trinajstić information content (AvgIpc) is 3.21. The molecule has 1 aliphatic rings. The molecule has 1 rings (SSSR count). The average molecular weight is 877 g/mol. The van der Waals surface area contributed by atoms with E-state index in [1.54, 1.807) is 0 Å². The lowest BCUT2D eigenvalue weighted by Crippen LogP contribution is -2.60. The van der Waals surface area contributed by atoms with E-state index in [1.165, 1.54) is 141 Å². The Kier molecular flexibility index (Phi) is 35.6. The fraction of sp³-hybridized carbons (Fsp3) is 0.915. The topological polar surface area (TPSA) is 186 Å². The van der Waals surface area contributed by atoms with Gasteiger partial charge in [-0.3, -0.25) is 14.1 Å². The van der Waals surface area contributed by atoms with Gasteiger partial charge >= 0.3 is 11.9 Å². The lowest BCUT2D eigenvalue weighted by atomic mass is 10.00. The summed E-state index contributed by atoms with van der Waals surface area (Å²) in [6.45, 7) is 3.77. The third-order valence-electron chi connectivity index (χ3n) is 11.3. The monoisotopic (exact) mass is 877 g/mol. The van der Waals surface area contributed by atoms with Crippen molar-refractivity contribution < 1.29 is 56.8 Å². The molecular weight excluding hydrogens is 789 g/mol. The minimum absolute atomic E-state index is 0.166. The van der Waals surface area contributed by atoms with E-state index >= 15 is 0 Å². The van der Waals surface area contributed by atoms with E-state index in [0.717, 1.165) is 38.5 Å². The zero-order valence-corrected chi connectivity index (χ0v) is 38.6. The summed E-state index contributed by atoms with van der Waals surface area (Å²) in [5, 5.41) is 30.9. The van der Waals surface area contributed by atoms with E-state index in [1.807, 2.05) is 0 Å². The van der Waals surface area contributed by atoms with Gasteiger partial charge in [-0.2, -0.15) is 8.42 Å². The van der Waals surface area contributed by atoms with Crippen LogP contribution in [-0.4, -0.2) is 96.0 Å². The molecule has 0 aliphatic carbocycles. The molecule has 4 N–H and O–H groups in total. The smallest absolute Gasteiger partial charge is 0.306 e. The molecule has 6 unspecified atom stereocenters. The van der Waals surface area contributed by atoms with Crippen LogP contribution in [0, 0.1) is 0 Å². The second-order valence-electron chi connectivity index (χ2n) is 17.1. The van der Waals surface area contributed by atoms with Crippen molar-refractivity contribution in [2.75, 3.05) is 19.0 Å². The van der Waals surface area contributed by atoms with Crippen LogP contribution in [0.15, 0.2) is 12.2 Å². The molecule has 1 aliphatic heterocycles. The fourth-order valence-electron chi connectivity index (χ4n) is 7.56. The van der Waals surface area contributed by atoms with Crippen molar-refractivity contribution in [1.82, 2.24) is 0 Å². The van der Waals surface area contributed by atoms with Crippen molar-refractivity contribution in [2.45, 2.75) is 256 Å². The molecule has 1 saturated heterocycles. The van der Waals surface area contributed by atoms with Gasteiger partial charge in [0, 0.05) is 12.8 Å². The number of esters is 2. The summed E-state index contributed by atoms with van der Waals surface area (Å²) in [7, 11) is -4.60. The molecular formula is C47H88O12S. The molecule has 0 saturated carbocycles. The minimum atomic E-state index is -4.60. The molecule has 0 aromatic carbocycles. The van der Waals surface area contributed by atoms with E-state index in [2.05, 4.69) is 26.0 Å². The Bertz CT molecular complexity index is 1170. The Morgan fingerprint density at radius 2 is 0.950 bits per heavy atom. The Labute approximate surface area is 365 Å². The maximum absolute atomic E-state index is 12.8. The van der Waals surface area contributed by atoms with Crippen LogP contribution in [-0.2, 0) is 38.7 Å². The highest BCUT2D eigenvalue weighted by molar-refractivity contribution is 7.85. The van der Waals surface area contributed by atoms with Gasteiger partial charge in [-0.15, -0.1) is 0 Å². The number of allylic oxidation sites excluding steroid dienone is 2. The quantitative estimate of drug-likeness (QED) is 0.0197. The predicted octanol–water partition coefficient (Wildman–Crippen LogP) is 10.2. The maximum Gasteiger partial charge on any atom is 0.306 e. The number of aliphatic hydroxyl groups excluding tert-OH is 3. The first kappa shape index (κ1) is 56.4. The zero-order chi connectivity index (χ0) is 44.1. The molecule has 0 radical (unpaired) electrons. The predicted molar refractivity (Wildman–Crippen MR) is 238 cm³/mol. The molecule has 354 valence electrons. The number of unbranched alkanes of at least 4 members (excludes halogenated alkanes) is 27. The Hall–Kier alpha value is -1.61. The number of aliphatic hydroxyl groups is 3. The lowest BCUT2D eigenvalue weighted by molar-refractivity contribution is -0.297. The molecule has 6 atom stereocenters. The second-order valence-corrected chi connectivity index (χ2v) is 18.6. The summed E-state index contributed by atoms with van der Waals surface area (Å²) in [5.74, 6) is -1.97. The number of hydrogen-bond donors (Lipinski definition) is 4. The molecule has 1 heterocycles. The van der Waals surface area contributed by atoms with Gasteiger partial charge in [0.1, 0.15) is 36.8 Å². The van der Waals surface area contributed by atoms with Gasteiger partial charge in [0.25, 0.3) is 10.1 Å². The maximum atomic E-state index is 12.8. The van der Waals surface area contributed by atoms with Crippen LogP contribution in [0.1, 0.15) is 219 Å². The molecule has 0 aromatic rings. The molecule has 1 fully saturated rings. The number of carbonyl (C=O) groups excluding carboxylic acids is 2. The van der Waals surface area contributed by atoms with Gasteiger partial charge in [-0.25, -0.2) is 0 Å². The molecule has 0 amide bonds. The Morgan fingerprint density at radius 1 is 0.550 bits per heavy atom. The first-order valence-corrected chi connectivity index (χ1v) is 25.9. The van der Waals surface area contributed by atoms with E-state index in [9.17, 15) is 37.9 Å². The molecule has 13 heteroatoms. The van der Waals surface area contributed by atoms with Gasteiger partial charge in [0.2, 0.25) is 0 Å². The van der Waals surface area contributed by atoms with Crippen molar-refractivity contribution in [3.63, 3.8) is 0 Å². The van der Waals surface area contributed by atoms with E-state index in [0.29, 0.717) is 12.8 Å². The Morgan fingerprint density at radius 3 is 1.38 bits per heavy atom. The number of ether oxygens (including phenoxy) is 4. The van der Waals surface area contributed by atoms with E-state index < -0.39 is 71.2 Å². The third kappa shape index (κ3) is 32.1. The van der Waals surface area contributed by atoms with E-state index in [-0.39, 0.29) is 19.4 Å². The highest BCUT2D eigenvalue weighted by Gasteiger charge is 2.46. The van der Waals surface area contributed by atoms with Gasteiger partial charge in [-0.1, -0.05) is 180 Å². The summed E-state index contributed by atoms with van der Waals surface area (Å²) in [4.78, 5) is 25.4. The first-order chi connectivity index (χ1) is 29.0. The van der Waals surface area contributed by atoms with Crippen LogP contribution < -0.4 is 0 Å². The fourth-order valence-corrected chi connectivity index (χ4v) is 8.25. The summed E-state index contributed by atoms with van der Waals surface area (Å²) >= 11 is 0. The SMILES string of the molecule is CCCCCCCCCC/C=C\CCCCCCCCCCCC(=O)OC(COC(=O)CCCCCCCCCCCCC)COC1OC(CS(=O)(=O)O)C(O)C(O)C1O. The standard InChI is InChI=1S/C47H88O12S/c1-3-5-7-9-11-13-15-16-17-18-19-20-21-22-23-24-26-28-30-32-34-36-43(49)58-40(37-56-42(48)35-33-31-29-27-25-14-12-10-8-6-4-2)38-57-47-46(52)45(51)44(50)41(59-47)39-60(53,54)55/h18-19,40-41,44-47,50-52H,3-17,20-39H2,1-2H3,(H,53,54,55)/b19-18-. The summed E-state index contributed by atoms with van der Waals surface area (Å²) < 4.78 is 54.1. The normalized spacial score (nSPS) is 20.1. The van der Waals surface area contributed by atoms with Crippen LogP contribution in [0.4, 0.5) is 0 Å². The molecule has 12 nitrogen and oxygen atoms in total. The third-order valence-corrected chi connectivity index (χ3v) is 12.1. The summed E-state index contributed by atoms with van der Waals surface area (Å²) in [5.41, 5.74) is 0. The highest BCUT2D eigenvalue weighted by Crippen LogP contribution is 2.24. The second kappa shape index (κ2) is 37.9. The van der Waals surface area contributed by atoms with Gasteiger partial charge < -0.3 is 34.3 Å². The van der Waals surface area contributed by atoms with Gasteiger partial charge in [-0.05, 0) is 38.5 Å². The van der Waals surface area contributed by atoms with Crippen molar-refractivity contribution >= 4 is 22.1 Å². The van der Waals surface area contributed by atoms with Crippen LogP contribution in [0.3, 0.4) is 0 Å². The molecule has 0 spiro atoms. The van der Waals surface area contributed by atoms with Crippen LogP contribution >= 0.6 is 0 Å². The highest BCUT2D eigenvalue weighted by atomic mass is 32.2. The van der Waals surface area contributed by atoms with Crippen molar-refractivity contribution in [3.8, 4) is 0 Å². The molecule has 60 heavy (non-hydrogen) atoms. The summed E-state index contributed by atoms with van der Waals surface area (Å²) in [6, 6.07) is 0. The largest absolute Gasteiger partial charge is 0.462 e. The lowest BCUT2D eigenvalue weighted by Gasteiger charge is -2.40. The van der Waals surface area contributed by atoms with Crippen LogP contribution in [0.25, 0.3) is 0 Å². The molecule has 0 aromatic heterocycles. The van der Waals surface area contributed by atoms with Crippen molar-refractivity contribution in [1.29, 1.82) is 0 Å². The summed E-state index contributed by atoms with van der Waals surface area (Å²) in [6.07, 6.45) is 31.2. The van der Waals surface area contributed by atoms with Gasteiger partial charge in [0.15, 0.2) is 12.4 Å². The van der Waals surface area contributed by atoms with Crippen LogP contribution in [0.5, 0.6) is 0 Å². The van der Waals surface area contributed by atoms with Crippen LogP contribution in [0.2, 0.25) is 0 Å². The molecule has 0 bridgehead atoms. The van der Waals surface area contributed by atoms with Crippen molar-refractivity contribution in [2.24, 2.45) is 0 Å². The number of carbonyl (C=O) groups is 2. The van der Waals surface area contributed by atoms with Gasteiger partial charge in [0.05, 0.1) is 6.61 Å². The minimum Gasteiger partial charge on any atom is -0.462 e. The van der Waals surface area contributed by atoms with E-state index in [4.69, 9.17) is 18.9 Å².